The fraction of sp³-hybridized carbons (Fsp3) is 0.417. The maximum absolute atomic E-state index is 13.3. The molecular formula is C24H32N2O4. The van der Waals surface area contributed by atoms with E-state index in [2.05, 4.69) is 5.32 Å². The summed E-state index contributed by atoms with van der Waals surface area (Å²) in [7, 11) is 3.22. The Morgan fingerprint density at radius 1 is 0.900 bits per heavy atom. The molecule has 1 N–H and O–H groups in total. The maximum atomic E-state index is 13.3. The van der Waals surface area contributed by atoms with Crippen LogP contribution in [0.3, 0.4) is 0 Å². The van der Waals surface area contributed by atoms with Crippen LogP contribution < -0.4 is 14.8 Å². The molecule has 2 rings (SSSR count). The molecule has 0 aromatic heterocycles. The third-order valence-electron chi connectivity index (χ3n) is 4.84. The van der Waals surface area contributed by atoms with Crippen molar-refractivity contribution in [2.75, 3.05) is 14.2 Å². The summed E-state index contributed by atoms with van der Waals surface area (Å²) in [5.41, 5.74) is 1.81. The smallest absolute Gasteiger partial charge is 0.243 e. The molecule has 1 unspecified atom stereocenters. The van der Waals surface area contributed by atoms with Gasteiger partial charge in [0.05, 0.1) is 20.6 Å². The molecule has 2 amide bonds. The van der Waals surface area contributed by atoms with Crippen LogP contribution in [0.25, 0.3) is 0 Å². The number of carbonyl (C=O) groups excluding carboxylic acids is 2. The van der Waals surface area contributed by atoms with E-state index in [4.69, 9.17) is 9.47 Å². The van der Waals surface area contributed by atoms with E-state index >= 15 is 0 Å². The molecule has 6 heteroatoms. The summed E-state index contributed by atoms with van der Waals surface area (Å²) in [6, 6.07) is 14.4. The van der Waals surface area contributed by atoms with E-state index < -0.39 is 6.04 Å². The molecule has 0 saturated carbocycles. The monoisotopic (exact) mass is 412 g/mol. The van der Waals surface area contributed by atoms with Gasteiger partial charge in [-0.15, -0.1) is 0 Å². The minimum absolute atomic E-state index is 0.00563. The zero-order valence-corrected chi connectivity index (χ0v) is 18.5. The second kappa shape index (κ2) is 11.2. The van der Waals surface area contributed by atoms with E-state index in [0.717, 1.165) is 22.6 Å². The van der Waals surface area contributed by atoms with E-state index in [1.54, 1.807) is 19.1 Å². The van der Waals surface area contributed by atoms with Crippen molar-refractivity contribution in [2.24, 2.45) is 0 Å². The number of carbonyl (C=O) groups is 2. The van der Waals surface area contributed by atoms with Crippen LogP contribution >= 0.6 is 0 Å². The predicted molar refractivity (Wildman–Crippen MR) is 118 cm³/mol. The second-order valence-electron chi connectivity index (χ2n) is 7.48. The molecule has 6 nitrogen and oxygen atoms in total. The normalized spacial score (nSPS) is 11.7. The Morgan fingerprint density at radius 3 is 1.83 bits per heavy atom. The quantitative estimate of drug-likeness (QED) is 0.648. The fourth-order valence-electron chi connectivity index (χ4n) is 3.25. The van der Waals surface area contributed by atoms with Crippen molar-refractivity contribution < 1.29 is 19.1 Å². The van der Waals surface area contributed by atoms with Crippen molar-refractivity contribution in [3.05, 3.63) is 59.7 Å². The van der Waals surface area contributed by atoms with Crippen molar-refractivity contribution >= 4 is 11.8 Å². The summed E-state index contributed by atoms with van der Waals surface area (Å²) >= 11 is 0. The zero-order chi connectivity index (χ0) is 22.1. The van der Waals surface area contributed by atoms with Gasteiger partial charge in [-0.25, -0.2) is 0 Å². The minimum Gasteiger partial charge on any atom is -0.497 e. The summed E-state index contributed by atoms with van der Waals surface area (Å²) in [6.07, 6.45) is 0.745. The van der Waals surface area contributed by atoms with Gasteiger partial charge in [0.15, 0.2) is 0 Å². The Labute approximate surface area is 179 Å². The maximum Gasteiger partial charge on any atom is 0.243 e. The number of amides is 2. The molecule has 1 atom stereocenters. The minimum atomic E-state index is -0.541. The largest absolute Gasteiger partial charge is 0.497 e. The first-order chi connectivity index (χ1) is 14.4. The molecule has 30 heavy (non-hydrogen) atoms. The topological polar surface area (TPSA) is 67.9 Å². The van der Waals surface area contributed by atoms with Crippen molar-refractivity contribution in [2.45, 2.75) is 52.2 Å². The lowest BCUT2D eigenvalue weighted by atomic mass is 10.1. The predicted octanol–water partition coefficient (Wildman–Crippen LogP) is 3.58. The van der Waals surface area contributed by atoms with Crippen LogP contribution in [0.4, 0.5) is 0 Å². The van der Waals surface area contributed by atoms with Gasteiger partial charge in [0.1, 0.15) is 17.5 Å². The summed E-state index contributed by atoms with van der Waals surface area (Å²) in [4.78, 5) is 27.8. The summed E-state index contributed by atoms with van der Waals surface area (Å²) in [5.74, 6) is 1.26. The van der Waals surface area contributed by atoms with Crippen LogP contribution in [0.5, 0.6) is 11.5 Å². The van der Waals surface area contributed by atoms with Crippen LogP contribution in [0.2, 0.25) is 0 Å². The lowest BCUT2D eigenvalue weighted by molar-refractivity contribution is -0.141. The van der Waals surface area contributed by atoms with Crippen molar-refractivity contribution in [3.8, 4) is 11.5 Å². The summed E-state index contributed by atoms with van der Waals surface area (Å²) in [5, 5.41) is 2.94. The Bertz CT molecular complexity index is 816. The van der Waals surface area contributed by atoms with Gasteiger partial charge in [-0.1, -0.05) is 31.2 Å². The molecule has 0 saturated heterocycles. The van der Waals surface area contributed by atoms with E-state index in [1.165, 1.54) is 0 Å². The number of rotatable bonds is 10. The van der Waals surface area contributed by atoms with Crippen LogP contribution in [0.15, 0.2) is 48.5 Å². The lowest BCUT2D eigenvalue weighted by Crippen LogP contribution is -2.50. The highest BCUT2D eigenvalue weighted by Crippen LogP contribution is 2.18. The first kappa shape index (κ1) is 23.3. The van der Waals surface area contributed by atoms with E-state index in [0.29, 0.717) is 13.0 Å². The first-order valence-corrected chi connectivity index (χ1v) is 10.2. The highest BCUT2D eigenvalue weighted by Gasteiger charge is 2.29. The lowest BCUT2D eigenvalue weighted by Gasteiger charge is -2.31. The number of nitrogens with one attached hydrogen (secondary N) is 1. The van der Waals surface area contributed by atoms with Gasteiger partial charge >= 0.3 is 0 Å². The number of benzene rings is 2. The van der Waals surface area contributed by atoms with E-state index in [-0.39, 0.29) is 24.3 Å². The van der Waals surface area contributed by atoms with Crippen molar-refractivity contribution in [1.82, 2.24) is 10.2 Å². The van der Waals surface area contributed by atoms with Crippen LogP contribution in [0.1, 0.15) is 38.3 Å². The van der Waals surface area contributed by atoms with Gasteiger partial charge in [-0.2, -0.15) is 0 Å². The van der Waals surface area contributed by atoms with Gasteiger partial charge in [0, 0.05) is 12.6 Å². The highest BCUT2D eigenvalue weighted by molar-refractivity contribution is 5.88. The Hall–Kier alpha value is -3.02. The number of ether oxygens (including phenoxy) is 2. The fourth-order valence-corrected chi connectivity index (χ4v) is 3.25. The summed E-state index contributed by atoms with van der Waals surface area (Å²) < 4.78 is 10.4. The van der Waals surface area contributed by atoms with Gasteiger partial charge in [0.2, 0.25) is 11.8 Å². The molecule has 0 aliphatic rings. The molecule has 0 spiro atoms. The zero-order valence-electron chi connectivity index (χ0n) is 18.5. The molecule has 162 valence electrons. The molecule has 0 bridgehead atoms. The number of hydrogen-bond donors (Lipinski definition) is 1. The van der Waals surface area contributed by atoms with Crippen LogP contribution in [0, 0.1) is 0 Å². The molecule has 0 radical (unpaired) electrons. The second-order valence-corrected chi connectivity index (χ2v) is 7.48. The van der Waals surface area contributed by atoms with Crippen molar-refractivity contribution in [1.29, 1.82) is 0 Å². The Kier molecular flexibility index (Phi) is 8.71. The first-order valence-electron chi connectivity index (χ1n) is 10.2. The van der Waals surface area contributed by atoms with Gasteiger partial charge in [0.25, 0.3) is 0 Å². The van der Waals surface area contributed by atoms with E-state index in [9.17, 15) is 9.59 Å². The average molecular weight is 413 g/mol. The van der Waals surface area contributed by atoms with Gasteiger partial charge < -0.3 is 19.7 Å². The van der Waals surface area contributed by atoms with Crippen molar-refractivity contribution in [3.63, 3.8) is 0 Å². The van der Waals surface area contributed by atoms with E-state index in [1.807, 2.05) is 69.3 Å². The molecular weight excluding hydrogens is 380 g/mol. The highest BCUT2D eigenvalue weighted by atomic mass is 16.5. The third-order valence-corrected chi connectivity index (χ3v) is 4.84. The molecule has 2 aromatic carbocycles. The number of methoxy groups -OCH3 is 2. The number of nitrogens with zero attached hydrogens (tertiary/aromatic N) is 1. The van der Waals surface area contributed by atoms with Gasteiger partial charge in [-0.3, -0.25) is 9.59 Å². The SMILES string of the molecule is CCC(C(=O)NC(C)C)N(Cc1ccc(OC)cc1)C(=O)Cc1ccc(OC)cc1. The molecule has 0 heterocycles. The standard InChI is InChI=1S/C24H32N2O4/c1-6-22(24(28)25-17(2)3)26(16-19-9-13-21(30-5)14-10-19)23(27)15-18-7-11-20(29-4)12-8-18/h7-14,17,22H,6,15-16H2,1-5H3,(H,25,28). The van der Waals surface area contributed by atoms with Crippen LogP contribution in [-0.2, 0) is 22.6 Å². The molecule has 0 fully saturated rings. The molecule has 0 aliphatic heterocycles. The molecule has 0 aliphatic carbocycles. The Balaban J connectivity index is 2.26. The molecule has 2 aromatic rings. The third kappa shape index (κ3) is 6.51. The van der Waals surface area contributed by atoms with Gasteiger partial charge in [-0.05, 0) is 55.7 Å². The average Bonchev–Trinajstić information content (AvgIpc) is 2.74. The summed E-state index contributed by atoms with van der Waals surface area (Å²) in [6.45, 7) is 6.10. The Morgan fingerprint density at radius 2 is 1.40 bits per heavy atom. The van der Waals surface area contributed by atoms with Crippen LogP contribution in [-0.4, -0.2) is 43.0 Å². The number of hydrogen-bond acceptors (Lipinski definition) is 4.